The van der Waals surface area contributed by atoms with Crippen LogP contribution < -0.4 is 5.32 Å². The number of amides is 2. The molecule has 3 rings (SSSR count). The molecule has 2 aliphatic rings. The van der Waals surface area contributed by atoms with Crippen molar-refractivity contribution >= 4 is 17.5 Å². The summed E-state index contributed by atoms with van der Waals surface area (Å²) in [5.41, 5.74) is 3.19. The van der Waals surface area contributed by atoms with E-state index in [1.807, 2.05) is 36.9 Å². The van der Waals surface area contributed by atoms with Crippen LogP contribution in [0.5, 0.6) is 0 Å². The summed E-state index contributed by atoms with van der Waals surface area (Å²) < 4.78 is 0. The van der Waals surface area contributed by atoms with Crippen LogP contribution in [0.15, 0.2) is 18.2 Å². The van der Waals surface area contributed by atoms with E-state index in [0.29, 0.717) is 12.5 Å². The maximum absolute atomic E-state index is 12.5. The van der Waals surface area contributed by atoms with E-state index in [9.17, 15) is 9.59 Å². The Balaban J connectivity index is 1.46. The lowest BCUT2D eigenvalue weighted by Gasteiger charge is -2.32. The predicted molar refractivity (Wildman–Crippen MR) is 99.5 cm³/mol. The van der Waals surface area contributed by atoms with Crippen LogP contribution in [0.4, 0.5) is 5.69 Å². The molecule has 1 N–H and O–H groups in total. The highest BCUT2D eigenvalue weighted by Crippen LogP contribution is 2.22. The minimum absolute atomic E-state index is 0.0259. The number of carbonyl (C=O) groups excluding carboxylic acids is 2. The summed E-state index contributed by atoms with van der Waals surface area (Å²) in [5.74, 6) is 0.506. The van der Waals surface area contributed by atoms with Gasteiger partial charge in [-0.05, 0) is 69.8 Å². The molecule has 0 aromatic heterocycles. The maximum Gasteiger partial charge on any atom is 0.238 e. The molecular formula is C20H29N3O2. The van der Waals surface area contributed by atoms with Gasteiger partial charge in [-0.1, -0.05) is 12.1 Å². The molecule has 25 heavy (non-hydrogen) atoms. The third-order valence-electron chi connectivity index (χ3n) is 5.60. The van der Waals surface area contributed by atoms with Crippen LogP contribution in [0, 0.1) is 19.8 Å². The Bertz CT molecular complexity index is 630. The molecule has 2 amide bonds. The molecule has 2 heterocycles. The van der Waals surface area contributed by atoms with Crippen LogP contribution in [0.1, 0.15) is 36.8 Å². The van der Waals surface area contributed by atoms with Gasteiger partial charge in [0.1, 0.15) is 0 Å². The van der Waals surface area contributed by atoms with Crippen molar-refractivity contribution in [1.82, 2.24) is 9.80 Å². The van der Waals surface area contributed by atoms with E-state index in [-0.39, 0.29) is 11.8 Å². The van der Waals surface area contributed by atoms with E-state index < -0.39 is 0 Å². The van der Waals surface area contributed by atoms with E-state index in [2.05, 4.69) is 10.2 Å². The summed E-state index contributed by atoms with van der Waals surface area (Å²) in [6.07, 6.45) is 4.02. The first-order chi connectivity index (χ1) is 12.0. The monoisotopic (exact) mass is 343 g/mol. The molecule has 0 bridgehead atoms. The van der Waals surface area contributed by atoms with Crippen molar-refractivity contribution < 1.29 is 9.59 Å². The fourth-order valence-corrected chi connectivity index (χ4v) is 3.81. The van der Waals surface area contributed by atoms with Gasteiger partial charge in [0, 0.05) is 24.7 Å². The lowest BCUT2D eigenvalue weighted by Crippen LogP contribution is -2.43. The van der Waals surface area contributed by atoms with Gasteiger partial charge >= 0.3 is 0 Å². The first-order valence-electron chi connectivity index (χ1n) is 9.42. The zero-order valence-corrected chi connectivity index (χ0v) is 15.4. The van der Waals surface area contributed by atoms with Crippen LogP contribution in [-0.4, -0.2) is 54.3 Å². The van der Waals surface area contributed by atoms with Crippen molar-refractivity contribution in [1.29, 1.82) is 0 Å². The number of aryl methyl sites for hydroxylation is 1. The third-order valence-corrected chi connectivity index (χ3v) is 5.60. The van der Waals surface area contributed by atoms with Crippen molar-refractivity contribution in [3.63, 3.8) is 0 Å². The summed E-state index contributed by atoms with van der Waals surface area (Å²) in [6.45, 7) is 7.98. The van der Waals surface area contributed by atoms with Crippen molar-refractivity contribution in [3.05, 3.63) is 29.3 Å². The number of piperidine rings is 1. The van der Waals surface area contributed by atoms with Crippen LogP contribution in [0.3, 0.4) is 0 Å². The van der Waals surface area contributed by atoms with Gasteiger partial charge < -0.3 is 10.2 Å². The van der Waals surface area contributed by atoms with Crippen LogP contribution in [0.2, 0.25) is 0 Å². The van der Waals surface area contributed by atoms with Gasteiger partial charge in [0.15, 0.2) is 0 Å². The van der Waals surface area contributed by atoms with Crippen LogP contribution >= 0.6 is 0 Å². The fraction of sp³-hybridized carbons (Fsp3) is 0.600. The SMILES string of the molecule is Cc1cccc(NC(=O)CN2CCC(C(=O)N3CCCC3)CC2)c1C. The zero-order chi connectivity index (χ0) is 17.8. The van der Waals surface area contributed by atoms with Gasteiger partial charge in [-0.25, -0.2) is 0 Å². The molecule has 5 nitrogen and oxygen atoms in total. The van der Waals surface area contributed by atoms with Gasteiger partial charge in [-0.2, -0.15) is 0 Å². The molecule has 1 aromatic rings. The summed E-state index contributed by atoms with van der Waals surface area (Å²) >= 11 is 0. The van der Waals surface area contributed by atoms with Gasteiger partial charge in [-0.15, -0.1) is 0 Å². The Kier molecular flexibility index (Phi) is 5.74. The second-order valence-electron chi connectivity index (χ2n) is 7.38. The summed E-state index contributed by atoms with van der Waals surface area (Å²) in [5, 5.41) is 3.02. The lowest BCUT2D eigenvalue weighted by atomic mass is 9.95. The number of likely N-dealkylation sites (tertiary alicyclic amines) is 2. The van der Waals surface area contributed by atoms with E-state index >= 15 is 0 Å². The standard InChI is InChI=1S/C20H29N3O2/c1-15-6-5-7-18(16(15)2)21-19(24)14-22-12-8-17(9-13-22)20(25)23-10-3-4-11-23/h5-7,17H,3-4,8-14H2,1-2H3,(H,21,24). The number of benzene rings is 1. The van der Waals surface area contributed by atoms with Crippen molar-refractivity contribution in [2.75, 3.05) is 38.0 Å². The largest absolute Gasteiger partial charge is 0.342 e. The molecule has 0 unspecified atom stereocenters. The Morgan fingerprint density at radius 2 is 1.76 bits per heavy atom. The van der Waals surface area contributed by atoms with Gasteiger partial charge in [-0.3, -0.25) is 14.5 Å². The quantitative estimate of drug-likeness (QED) is 0.914. The smallest absolute Gasteiger partial charge is 0.238 e. The highest BCUT2D eigenvalue weighted by molar-refractivity contribution is 5.93. The maximum atomic E-state index is 12.5. The average molecular weight is 343 g/mol. The predicted octanol–water partition coefficient (Wildman–Crippen LogP) is 2.58. The number of carbonyl (C=O) groups is 2. The second-order valence-corrected chi connectivity index (χ2v) is 7.38. The van der Waals surface area contributed by atoms with E-state index in [4.69, 9.17) is 0 Å². The van der Waals surface area contributed by atoms with Crippen LogP contribution in [0.25, 0.3) is 0 Å². The lowest BCUT2D eigenvalue weighted by molar-refractivity contribution is -0.136. The van der Waals surface area contributed by atoms with Crippen molar-refractivity contribution in [2.24, 2.45) is 5.92 Å². The van der Waals surface area contributed by atoms with Crippen LogP contribution in [-0.2, 0) is 9.59 Å². The van der Waals surface area contributed by atoms with E-state index in [0.717, 1.165) is 63.1 Å². The molecule has 0 saturated carbocycles. The van der Waals surface area contributed by atoms with Gasteiger partial charge in [0.25, 0.3) is 0 Å². The fourth-order valence-electron chi connectivity index (χ4n) is 3.81. The Hall–Kier alpha value is -1.88. The molecule has 0 radical (unpaired) electrons. The molecule has 2 fully saturated rings. The molecular weight excluding hydrogens is 314 g/mol. The summed E-state index contributed by atoms with van der Waals surface area (Å²) in [4.78, 5) is 29.0. The van der Waals surface area contributed by atoms with Crippen molar-refractivity contribution in [2.45, 2.75) is 39.5 Å². The molecule has 5 heteroatoms. The normalized spacial score (nSPS) is 19.2. The molecule has 0 atom stereocenters. The minimum Gasteiger partial charge on any atom is -0.342 e. The van der Waals surface area contributed by atoms with Gasteiger partial charge in [0.05, 0.1) is 6.54 Å². The number of nitrogens with one attached hydrogen (secondary N) is 1. The highest BCUT2D eigenvalue weighted by Gasteiger charge is 2.30. The Labute approximate surface area is 150 Å². The number of anilines is 1. The molecule has 2 saturated heterocycles. The molecule has 1 aromatic carbocycles. The Morgan fingerprint density at radius 3 is 2.44 bits per heavy atom. The number of nitrogens with zero attached hydrogens (tertiary/aromatic N) is 2. The molecule has 0 spiro atoms. The number of hydrogen-bond donors (Lipinski definition) is 1. The topological polar surface area (TPSA) is 52.7 Å². The highest BCUT2D eigenvalue weighted by atomic mass is 16.2. The summed E-state index contributed by atoms with van der Waals surface area (Å²) in [6, 6.07) is 5.96. The number of hydrogen-bond acceptors (Lipinski definition) is 3. The van der Waals surface area contributed by atoms with Crippen molar-refractivity contribution in [3.8, 4) is 0 Å². The third kappa shape index (κ3) is 4.40. The molecule has 2 aliphatic heterocycles. The molecule has 0 aliphatic carbocycles. The van der Waals surface area contributed by atoms with E-state index in [1.54, 1.807) is 0 Å². The Morgan fingerprint density at radius 1 is 1.08 bits per heavy atom. The first-order valence-corrected chi connectivity index (χ1v) is 9.42. The molecule has 136 valence electrons. The zero-order valence-electron chi connectivity index (χ0n) is 15.4. The average Bonchev–Trinajstić information content (AvgIpc) is 3.13. The number of rotatable bonds is 4. The summed E-state index contributed by atoms with van der Waals surface area (Å²) in [7, 11) is 0. The first kappa shape index (κ1) is 17.9. The minimum atomic E-state index is 0.0259. The van der Waals surface area contributed by atoms with Gasteiger partial charge in [0.2, 0.25) is 11.8 Å². The van der Waals surface area contributed by atoms with E-state index in [1.165, 1.54) is 5.56 Å². The second kappa shape index (κ2) is 8.00.